The van der Waals surface area contributed by atoms with Gasteiger partial charge in [0.05, 0.1) is 15.0 Å². The Hall–Kier alpha value is -0.340. The van der Waals surface area contributed by atoms with Crippen LogP contribution in [0.4, 0.5) is 5.69 Å². The SMILES string of the molecule is Nc1cc(Cl)cc(S(=O)(=O)NCC2(O)CCCC2)c1Br. The van der Waals surface area contributed by atoms with Crippen LogP contribution < -0.4 is 10.5 Å². The number of hydrogen-bond donors (Lipinski definition) is 3. The minimum absolute atomic E-state index is 0.00576. The van der Waals surface area contributed by atoms with E-state index in [1.807, 2.05) is 0 Å². The normalized spacial score (nSPS) is 18.4. The molecule has 0 amide bonds. The van der Waals surface area contributed by atoms with Gasteiger partial charge >= 0.3 is 0 Å². The summed E-state index contributed by atoms with van der Waals surface area (Å²) in [4.78, 5) is -0.0240. The van der Waals surface area contributed by atoms with E-state index in [0.29, 0.717) is 12.8 Å². The number of benzene rings is 1. The van der Waals surface area contributed by atoms with Gasteiger partial charge in [0.25, 0.3) is 0 Å². The highest BCUT2D eigenvalue weighted by Crippen LogP contribution is 2.32. The molecule has 2 rings (SSSR count). The fourth-order valence-electron chi connectivity index (χ4n) is 2.30. The molecule has 8 heteroatoms. The molecule has 1 aliphatic rings. The van der Waals surface area contributed by atoms with Crippen molar-refractivity contribution in [3.63, 3.8) is 0 Å². The van der Waals surface area contributed by atoms with E-state index in [0.717, 1.165) is 12.8 Å². The van der Waals surface area contributed by atoms with Gasteiger partial charge in [-0.15, -0.1) is 0 Å². The molecule has 0 spiro atoms. The first-order valence-electron chi connectivity index (χ1n) is 6.20. The molecule has 1 aromatic carbocycles. The Balaban J connectivity index is 2.22. The van der Waals surface area contributed by atoms with Gasteiger partial charge < -0.3 is 10.8 Å². The first kappa shape index (κ1) is 16.0. The Morgan fingerprint density at radius 3 is 2.60 bits per heavy atom. The highest BCUT2D eigenvalue weighted by molar-refractivity contribution is 9.10. The van der Waals surface area contributed by atoms with Crippen molar-refractivity contribution in [2.45, 2.75) is 36.2 Å². The predicted octanol–water partition coefficient (Wildman–Crippen LogP) is 2.27. The van der Waals surface area contributed by atoms with Gasteiger partial charge in [-0.05, 0) is 40.9 Å². The molecule has 1 aromatic rings. The van der Waals surface area contributed by atoms with E-state index < -0.39 is 15.6 Å². The zero-order valence-electron chi connectivity index (χ0n) is 10.7. The second-order valence-electron chi connectivity index (χ2n) is 5.06. The summed E-state index contributed by atoms with van der Waals surface area (Å²) < 4.78 is 27.3. The number of sulfonamides is 1. The molecule has 20 heavy (non-hydrogen) atoms. The largest absolute Gasteiger partial charge is 0.398 e. The van der Waals surface area contributed by atoms with Crippen LogP contribution in [0, 0.1) is 0 Å². The van der Waals surface area contributed by atoms with Crippen molar-refractivity contribution in [3.05, 3.63) is 21.6 Å². The molecular formula is C12H16BrClN2O3S. The summed E-state index contributed by atoms with van der Waals surface area (Å²) in [6.07, 6.45) is 3.03. The van der Waals surface area contributed by atoms with Crippen molar-refractivity contribution in [2.75, 3.05) is 12.3 Å². The molecule has 1 fully saturated rings. The highest BCUT2D eigenvalue weighted by atomic mass is 79.9. The summed E-state index contributed by atoms with van der Waals surface area (Å²) in [5.41, 5.74) is 4.98. The van der Waals surface area contributed by atoms with E-state index in [9.17, 15) is 13.5 Å². The molecule has 0 unspecified atom stereocenters. The molecule has 112 valence electrons. The Morgan fingerprint density at radius 1 is 1.40 bits per heavy atom. The van der Waals surface area contributed by atoms with E-state index in [4.69, 9.17) is 17.3 Å². The monoisotopic (exact) mass is 382 g/mol. The number of halogens is 2. The Morgan fingerprint density at radius 2 is 2.00 bits per heavy atom. The number of hydrogen-bond acceptors (Lipinski definition) is 4. The lowest BCUT2D eigenvalue weighted by molar-refractivity contribution is 0.0532. The second kappa shape index (κ2) is 5.81. The third-order valence-electron chi connectivity index (χ3n) is 3.45. The van der Waals surface area contributed by atoms with Crippen LogP contribution in [0.2, 0.25) is 5.02 Å². The molecule has 0 atom stereocenters. The van der Waals surface area contributed by atoms with Crippen LogP contribution in [0.1, 0.15) is 25.7 Å². The summed E-state index contributed by atoms with van der Waals surface area (Å²) in [6, 6.07) is 2.79. The quantitative estimate of drug-likeness (QED) is 0.695. The summed E-state index contributed by atoms with van der Waals surface area (Å²) in [5, 5.41) is 10.4. The minimum atomic E-state index is -3.78. The zero-order valence-corrected chi connectivity index (χ0v) is 13.9. The Labute approximate surface area is 131 Å². The van der Waals surface area contributed by atoms with Crippen molar-refractivity contribution in [1.29, 1.82) is 0 Å². The van der Waals surface area contributed by atoms with Crippen LogP contribution in [0.15, 0.2) is 21.5 Å². The topological polar surface area (TPSA) is 92.4 Å². The summed E-state index contributed by atoms with van der Waals surface area (Å²) in [5.74, 6) is 0. The van der Waals surface area contributed by atoms with Crippen LogP contribution in [-0.4, -0.2) is 25.7 Å². The number of anilines is 1. The number of nitrogens with one attached hydrogen (secondary N) is 1. The fourth-order valence-corrected chi connectivity index (χ4v) is 4.71. The van der Waals surface area contributed by atoms with E-state index in [1.165, 1.54) is 12.1 Å². The van der Waals surface area contributed by atoms with Crippen molar-refractivity contribution in [1.82, 2.24) is 4.72 Å². The first-order chi connectivity index (χ1) is 9.23. The van der Waals surface area contributed by atoms with Gasteiger partial charge in [0.15, 0.2) is 0 Å². The molecule has 0 aromatic heterocycles. The summed E-state index contributed by atoms with van der Waals surface area (Å²) in [6.45, 7) is -0.00576. The lowest BCUT2D eigenvalue weighted by Crippen LogP contribution is -2.40. The van der Waals surface area contributed by atoms with Crippen LogP contribution in [0.25, 0.3) is 0 Å². The molecule has 1 saturated carbocycles. The molecule has 0 bridgehead atoms. The Kier molecular flexibility index (Phi) is 4.66. The molecule has 0 aliphatic heterocycles. The van der Waals surface area contributed by atoms with Crippen molar-refractivity contribution in [2.24, 2.45) is 0 Å². The number of rotatable bonds is 4. The van der Waals surface area contributed by atoms with Crippen molar-refractivity contribution < 1.29 is 13.5 Å². The van der Waals surface area contributed by atoms with E-state index in [-0.39, 0.29) is 26.6 Å². The fraction of sp³-hybridized carbons (Fsp3) is 0.500. The smallest absolute Gasteiger partial charge is 0.241 e. The number of nitrogen functional groups attached to an aromatic ring is 1. The lowest BCUT2D eigenvalue weighted by atomic mass is 10.0. The third-order valence-corrected chi connectivity index (χ3v) is 6.24. The van der Waals surface area contributed by atoms with Gasteiger partial charge in [0, 0.05) is 17.3 Å². The van der Waals surface area contributed by atoms with Gasteiger partial charge in [-0.1, -0.05) is 24.4 Å². The molecule has 0 heterocycles. The molecule has 0 radical (unpaired) electrons. The lowest BCUT2D eigenvalue weighted by Gasteiger charge is -2.22. The third kappa shape index (κ3) is 3.46. The van der Waals surface area contributed by atoms with Gasteiger partial charge in [-0.25, -0.2) is 13.1 Å². The molecule has 4 N–H and O–H groups in total. The standard InChI is InChI=1S/C12H16BrClN2O3S/c13-11-9(15)5-8(14)6-10(11)20(18,19)16-7-12(17)3-1-2-4-12/h5-6,16-17H,1-4,7,15H2. The maximum atomic E-state index is 12.3. The van der Waals surface area contributed by atoms with Gasteiger partial charge in [0.1, 0.15) is 0 Å². The molecular weight excluding hydrogens is 368 g/mol. The average molecular weight is 384 g/mol. The van der Waals surface area contributed by atoms with Crippen LogP contribution >= 0.6 is 27.5 Å². The Bertz CT molecular complexity index is 615. The highest BCUT2D eigenvalue weighted by Gasteiger charge is 2.33. The molecule has 1 aliphatic carbocycles. The van der Waals surface area contributed by atoms with Gasteiger partial charge in [-0.2, -0.15) is 0 Å². The predicted molar refractivity (Wildman–Crippen MR) is 82.2 cm³/mol. The van der Waals surface area contributed by atoms with Crippen LogP contribution in [0.5, 0.6) is 0 Å². The molecule has 5 nitrogen and oxygen atoms in total. The minimum Gasteiger partial charge on any atom is -0.398 e. The zero-order chi connectivity index (χ0) is 15.0. The average Bonchev–Trinajstić information content (AvgIpc) is 2.79. The van der Waals surface area contributed by atoms with Gasteiger partial charge in [0.2, 0.25) is 10.0 Å². The number of aliphatic hydroxyl groups is 1. The van der Waals surface area contributed by atoms with Crippen LogP contribution in [0.3, 0.4) is 0 Å². The molecule has 0 saturated heterocycles. The maximum absolute atomic E-state index is 12.3. The summed E-state index contributed by atoms with van der Waals surface area (Å²) in [7, 11) is -3.78. The summed E-state index contributed by atoms with van der Waals surface area (Å²) >= 11 is 8.99. The van der Waals surface area contributed by atoms with E-state index in [2.05, 4.69) is 20.7 Å². The van der Waals surface area contributed by atoms with E-state index in [1.54, 1.807) is 0 Å². The van der Waals surface area contributed by atoms with Crippen molar-refractivity contribution >= 4 is 43.2 Å². The maximum Gasteiger partial charge on any atom is 0.241 e. The second-order valence-corrected chi connectivity index (χ2v) is 8.03. The van der Waals surface area contributed by atoms with Crippen molar-refractivity contribution in [3.8, 4) is 0 Å². The van der Waals surface area contributed by atoms with Gasteiger partial charge in [-0.3, -0.25) is 0 Å². The van der Waals surface area contributed by atoms with Crippen LogP contribution in [-0.2, 0) is 10.0 Å². The number of nitrogens with two attached hydrogens (primary N) is 1. The first-order valence-corrected chi connectivity index (χ1v) is 8.85. The van der Waals surface area contributed by atoms with E-state index >= 15 is 0 Å².